The van der Waals surface area contributed by atoms with Crippen molar-refractivity contribution in [3.63, 3.8) is 0 Å². The number of hydrogen-bond acceptors (Lipinski definition) is 3. The van der Waals surface area contributed by atoms with Crippen LogP contribution in [-0.4, -0.2) is 30.7 Å². The number of nitrogens with zero attached hydrogens (tertiary/aromatic N) is 1. The number of guanidine groups is 1. The van der Waals surface area contributed by atoms with Gasteiger partial charge in [-0.05, 0) is 27.2 Å². The number of rotatable bonds is 4. The van der Waals surface area contributed by atoms with Crippen molar-refractivity contribution >= 4 is 12.1 Å². The van der Waals surface area contributed by atoms with Crippen molar-refractivity contribution in [1.29, 1.82) is 0 Å². The number of carbonyl (C=O) groups is 1. The summed E-state index contributed by atoms with van der Waals surface area (Å²) in [7, 11) is 0. The van der Waals surface area contributed by atoms with E-state index in [0.717, 1.165) is 0 Å². The summed E-state index contributed by atoms with van der Waals surface area (Å²) in [5, 5.41) is 2.60. The number of ether oxygens (including phenoxy) is 1. The first-order chi connectivity index (χ1) is 6.81. The number of hydrogen-bond donors (Lipinski definition) is 3. The molecule has 6 heteroatoms. The second kappa shape index (κ2) is 6.10. The summed E-state index contributed by atoms with van der Waals surface area (Å²) in [6, 6.07) is 0. The van der Waals surface area contributed by atoms with E-state index in [4.69, 9.17) is 16.2 Å². The minimum absolute atomic E-state index is 0.0623. The molecule has 88 valence electrons. The van der Waals surface area contributed by atoms with Crippen molar-refractivity contribution in [3.05, 3.63) is 0 Å². The zero-order valence-electron chi connectivity index (χ0n) is 9.54. The molecule has 0 aromatic heterocycles. The van der Waals surface area contributed by atoms with Crippen LogP contribution in [0.1, 0.15) is 27.2 Å². The van der Waals surface area contributed by atoms with Crippen LogP contribution in [-0.2, 0) is 4.74 Å². The molecular weight excluding hydrogens is 196 g/mol. The molecule has 5 N–H and O–H groups in total. The van der Waals surface area contributed by atoms with Crippen molar-refractivity contribution in [2.24, 2.45) is 16.5 Å². The molecule has 0 heterocycles. The highest BCUT2D eigenvalue weighted by Crippen LogP contribution is 2.06. The number of alkyl carbamates (subject to hydrolysis) is 1. The molecule has 0 aliphatic rings. The van der Waals surface area contributed by atoms with Crippen LogP contribution in [0.5, 0.6) is 0 Å². The van der Waals surface area contributed by atoms with E-state index in [0.29, 0.717) is 19.5 Å². The van der Waals surface area contributed by atoms with E-state index in [1.54, 1.807) is 0 Å². The van der Waals surface area contributed by atoms with Crippen molar-refractivity contribution in [2.45, 2.75) is 32.8 Å². The predicted molar refractivity (Wildman–Crippen MR) is 59.5 cm³/mol. The SMILES string of the molecule is CC(C)(C)OC(=O)NCCCN=C(N)N. The van der Waals surface area contributed by atoms with Gasteiger partial charge in [-0.2, -0.15) is 0 Å². The molecule has 0 aromatic carbocycles. The van der Waals surface area contributed by atoms with E-state index in [1.807, 2.05) is 20.8 Å². The highest BCUT2D eigenvalue weighted by molar-refractivity contribution is 5.75. The van der Waals surface area contributed by atoms with E-state index in [-0.39, 0.29) is 5.96 Å². The molecule has 15 heavy (non-hydrogen) atoms. The lowest BCUT2D eigenvalue weighted by Crippen LogP contribution is -2.33. The number of nitrogens with one attached hydrogen (secondary N) is 1. The molecule has 0 unspecified atom stereocenters. The Balaban J connectivity index is 3.52. The fourth-order valence-electron chi connectivity index (χ4n) is 0.792. The van der Waals surface area contributed by atoms with Gasteiger partial charge in [0, 0.05) is 13.1 Å². The average molecular weight is 216 g/mol. The molecule has 0 aliphatic heterocycles. The zero-order valence-corrected chi connectivity index (χ0v) is 9.54. The molecule has 1 amide bonds. The van der Waals surface area contributed by atoms with Crippen LogP contribution in [0.3, 0.4) is 0 Å². The second-order valence-corrected chi connectivity index (χ2v) is 4.09. The summed E-state index contributed by atoms with van der Waals surface area (Å²) < 4.78 is 5.03. The number of nitrogens with two attached hydrogens (primary N) is 2. The minimum atomic E-state index is -0.468. The maximum atomic E-state index is 11.1. The first-order valence-electron chi connectivity index (χ1n) is 4.83. The van der Waals surface area contributed by atoms with Crippen LogP contribution < -0.4 is 16.8 Å². The molecule has 0 fully saturated rings. The van der Waals surface area contributed by atoms with Crippen LogP contribution in [0.15, 0.2) is 4.99 Å². The first kappa shape index (κ1) is 13.5. The van der Waals surface area contributed by atoms with Gasteiger partial charge >= 0.3 is 6.09 Å². The average Bonchev–Trinajstić information content (AvgIpc) is 1.99. The highest BCUT2D eigenvalue weighted by atomic mass is 16.6. The normalized spacial score (nSPS) is 10.6. The molecule has 0 radical (unpaired) electrons. The second-order valence-electron chi connectivity index (χ2n) is 4.09. The van der Waals surface area contributed by atoms with E-state index in [1.165, 1.54) is 0 Å². The summed E-state index contributed by atoms with van der Waals surface area (Å²) >= 11 is 0. The molecule has 0 saturated carbocycles. The number of carbonyl (C=O) groups excluding carboxylic acids is 1. The Morgan fingerprint density at radius 1 is 1.40 bits per heavy atom. The van der Waals surface area contributed by atoms with Crippen molar-refractivity contribution in [1.82, 2.24) is 5.32 Å². The predicted octanol–water partition coefficient (Wildman–Crippen LogP) is 0.175. The third kappa shape index (κ3) is 10.5. The monoisotopic (exact) mass is 216 g/mol. The Kier molecular flexibility index (Phi) is 5.51. The van der Waals surface area contributed by atoms with E-state index in [9.17, 15) is 4.79 Å². The molecular formula is C9H20N4O2. The molecule has 0 aromatic rings. The summed E-state index contributed by atoms with van der Waals surface area (Å²) in [5.74, 6) is 0.0623. The van der Waals surface area contributed by atoms with Crippen molar-refractivity contribution < 1.29 is 9.53 Å². The zero-order chi connectivity index (χ0) is 11.9. The van der Waals surface area contributed by atoms with Crippen LogP contribution in [0.25, 0.3) is 0 Å². The smallest absolute Gasteiger partial charge is 0.407 e. The van der Waals surface area contributed by atoms with Crippen LogP contribution in [0.4, 0.5) is 4.79 Å². The molecule has 6 nitrogen and oxygen atoms in total. The summed E-state index contributed by atoms with van der Waals surface area (Å²) in [6.07, 6.45) is 0.254. The Bertz CT molecular complexity index is 229. The van der Waals surface area contributed by atoms with Crippen molar-refractivity contribution in [2.75, 3.05) is 13.1 Å². The lowest BCUT2D eigenvalue weighted by atomic mass is 10.2. The molecule has 0 aliphatic carbocycles. The Morgan fingerprint density at radius 2 is 2.00 bits per heavy atom. The van der Waals surface area contributed by atoms with E-state index >= 15 is 0 Å². The maximum absolute atomic E-state index is 11.1. The Hall–Kier alpha value is -1.46. The van der Waals surface area contributed by atoms with Gasteiger partial charge in [0.15, 0.2) is 5.96 Å². The molecule has 0 rings (SSSR count). The fourth-order valence-corrected chi connectivity index (χ4v) is 0.792. The van der Waals surface area contributed by atoms with Gasteiger partial charge in [-0.15, -0.1) is 0 Å². The maximum Gasteiger partial charge on any atom is 0.407 e. The largest absolute Gasteiger partial charge is 0.444 e. The van der Waals surface area contributed by atoms with Crippen LogP contribution in [0.2, 0.25) is 0 Å². The van der Waals surface area contributed by atoms with Gasteiger partial charge in [0.2, 0.25) is 0 Å². The molecule has 0 saturated heterocycles. The third-order valence-corrected chi connectivity index (χ3v) is 1.30. The number of aliphatic imine (C=N–C) groups is 1. The summed E-state index contributed by atoms with van der Waals surface area (Å²) in [4.78, 5) is 14.9. The van der Waals surface area contributed by atoms with Gasteiger partial charge in [0.05, 0.1) is 0 Å². The molecule has 0 spiro atoms. The van der Waals surface area contributed by atoms with Crippen molar-refractivity contribution in [3.8, 4) is 0 Å². The topological polar surface area (TPSA) is 103 Å². The third-order valence-electron chi connectivity index (χ3n) is 1.30. The number of amides is 1. The van der Waals surface area contributed by atoms with E-state index < -0.39 is 11.7 Å². The van der Waals surface area contributed by atoms with E-state index in [2.05, 4.69) is 10.3 Å². The van der Waals surface area contributed by atoms with Crippen LogP contribution >= 0.6 is 0 Å². The molecule has 0 atom stereocenters. The Labute approximate surface area is 90.1 Å². The standard InChI is InChI=1S/C9H20N4O2/c1-9(2,3)15-8(14)13-6-4-5-12-7(10)11/h4-6H2,1-3H3,(H,13,14)(H4,10,11,12). The van der Waals surface area contributed by atoms with Crippen LogP contribution in [0, 0.1) is 0 Å². The van der Waals surface area contributed by atoms with Gasteiger partial charge in [-0.1, -0.05) is 0 Å². The van der Waals surface area contributed by atoms with Gasteiger partial charge < -0.3 is 21.5 Å². The summed E-state index contributed by atoms with van der Waals surface area (Å²) in [5.41, 5.74) is 9.80. The molecule has 0 bridgehead atoms. The fraction of sp³-hybridized carbons (Fsp3) is 0.778. The van der Waals surface area contributed by atoms with Gasteiger partial charge in [-0.3, -0.25) is 4.99 Å². The lowest BCUT2D eigenvalue weighted by Gasteiger charge is -2.19. The minimum Gasteiger partial charge on any atom is -0.444 e. The first-order valence-corrected chi connectivity index (χ1v) is 4.83. The Morgan fingerprint density at radius 3 is 2.47 bits per heavy atom. The van der Waals surface area contributed by atoms with Gasteiger partial charge in [0.25, 0.3) is 0 Å². The lowest BCUT2D eigenvalue weighted by molar-refractivity contribution is 0.0527. The van der Waals surface area contributed by atoms with Gasteiger partial charge in [0.1, 0.15) is 5.60 Å². The van der Waals surface area contributed by atoms with Gasteiger partial charge in [-0.25, -0.2) is 4.79 Å². The summed E-state index contributed by atoms with van der Waals surface area (Å²) in [6.45, 7) is 6.42. The quantitative estimate of drug-likeness (QED) is 0.354. The highest BCUT2D eigenvalue weighted by Gasteiger charge is 2.15.